The Bertz CT molecular complexity index is 450. The van der Waals surface area contributed by atoms with Crippen molar-refractivity contribution in [3.05, 3.63) is 11.1 Å². The molecule has 4 nitrogen and oxygen atoms in total. The Morgan fingerprint density at radius 3 is 2.84 bits per heavy atom. The fraction of sp³-hybridized carbons (Fsp3) is 0.714. The van der Waals surface area contributed by atoms with Crippen molar-refractivity contribution in [2.75, 3.05) is 18.4 Å². The molecule has 0 saturated carbocycles. The van der Waals surface area contributed by atoms with Gasteiger partial charge in [-0.15, -0.1) is 11.3 Å². The maximum Gasteiger partial charge on any atom is 0.242 e. The number of aromatic nitrogens is 1. The minimum absolute atomic E-state index is 0.0594. The number of amides is 1. The van der Waals surface area contributed by atoms with Gasteiger partial charge in [-0.05, 0) is 19.8 Å². The molecule has 1 aliphatic rings. The number of likely N-dealkylation sites (tertiary alicyclic amines) is 1. The zero-order valence-electron chi connectivity index (χ0n) is 12.2. The van der Waals surface area contributed by atoms with Crippen molar-refractivity contribution in [2.45, 2.75) is 52.0 Å². The average Bonchev–Trinajstić information content (AvgIpc) is 2.93. The number of hydrogen-bond donors (Lipinski definition) is 1. The molecule has 1 aliphatic heterocycles. The molecule has 0 radical (unpaired) electrons. The van der Waals surface area contributed by atoms with Crippen molar-refractivity contribution in [1.29, 1.82) is 0 Å². The van der Waals surface area contributed by atoms with E-state index < -0.39 is 0 Å². The van der Waals surface area contributed by atoms with Crippen molar-refractivity contribution in [3.63, 3.8) is 0 Å². The van der Waals surface area contributed by atoms with Crippen LogP contribution >= 0.6 is 11.3 Å². The first-order valence-electron chi connectivity index (χ1n) is 6.87. The first-order chi connectivity index (χ1) is 8.88. The third-order valence-corrected chi connectivity index (χ3v) is 4.34. The minimum atomic E-state index is 0.0594. The molecule has 1 aromatic rings. The van der Waals surface area contributed by atoms with Crippen LogP contribution in [0.5, 0.6) is 0 Å². The highest BCUT2D eigenvalue weighted by Gasteiger charge is 2.25. The molecule has 2 rings (SSSR count). The van der Waals surface area contributed by atoms with Gasteiger partial charge in [-0.3, -0.25) is 4.79 Å². The molecule has 1 saturated heterocycles. The van der Waals surface area contributed by atoms with Crippen LogP contribution in [0.2, 0.25) is 0 Å². The Morgan fingerprint density at radius 1 is 1.58 bits per heavy atom. The highest BCUT2D eigenvalue weighted by atomic mass is 32.1. The smallest absolute Gasteiger partial charge is 0.242 e. The fourth-order valence-corrected chi connectivity index (χ4v) is 3.19. The van der Waals surface area contributed by atoms with Crippen LogP contribution in [0.1, 0.15) is 46.2 Å². The van der Waals surface area contributed by atoms with Crippen LogP contribution in [0, 0.1) is 0 Å². The molecule has 0 aromatic carbocycles. The van der Waals surface area contributed by atoms with Gasteiger partial charge in [-0.25, -0.2) is 4.98 Å². The number of hydrogen-bond acceptors (Lipinski definition) is 4. The zero-order chi connectivity index (χ0) is 14.0. The second-order valence-corrected chi connectivity index (χ2v) is 7.08. The second kappa shape index (κ2) is 5.49. The van der Waals surface area contributed by atoms with E-state index in [1.165, 1.54) is 0 Å². The zero-order valence-corrected chi connectivity index (χ0v) is 13.0. The van der Waals surface area contributed by atoms with Gasteiger partial charge in [0.2, 0.25) is 5.91 Å². The van der Waals surface area contributed by atoms with E-state index in [0.29, 0.717) is 12.6 Å². The number of thiazole rings is 1. The summed E-state index contributed by atoms with van der Waals surface area (Å²) in [6.07, 6.45) is 2.25. The lowest BCUT2D eigenvalue weighted by Crippen LogP contribution is -2.37. The number of anilines is 1. The minimum Gasteiger partial charge on any atom is -0.352 e. The van der Waals surface area contributed by atoms with Crippen LogP contribution in [0.15, 0.2) is 5.38 Å². The topological polar surface area (TPSA) is 45.2 Å². The van der Waals surface area contributed by atoms with Crippen molar-refractivity contribution in [3.8, 4) is 0 Å². The summed E-state index contributed by atoms with van der Waals surface area (Å²) in [6, 6.07) is 0.385. The lowest BCUT2D eigenvalue weighted by Gasteiger charge is -2.21. The summed E-state index contributed by atoms with van der Waals surface area (Å²) in [5.74, 6) is 0.178. The van der Waals surface area contributed by atoms with Crippen LogP contribution in [-0.2, 0) is 10.2 Å². The van der Waals surface area contributed by atoms with Crippen molar-refractivity contribution < 1.29 is 4.79 Å². The summed E-state index contributed by atoms with van der Waals surface area (Å²) in [4.78, 5) is 18.6. The van der Waals surface area contributed by atoms with Gasteiger partial charge in [0.25, 0.3) is 0 Å². The van der Waals surface area contributed by atoms with E-state index in [4.69, 9.17) is 0 Å². The monoisotopic (exact) mass is 281 g/mol. The van der Waals surface area contributed by atoms with Gasteiger partial charge < -0.3 is 10.2 Å². The predicted molar refractivity (Wildman–Crippen MR) is 79.7 cm³/mol. The Labute approximate surface area is 119 Å². The number of carbonyl (C=O) groups is 1. The normalized spacial score (nSPS) is 19.8. The van der Waals surface area contributed by atoms with E-state index in [-0.39, 0.29) is 11.3 Å². The molecule has 0 bridgehead atoms. The number of nitrogens with zero attached hydrogens (tertiary/aromatic N) is 2. The molecule has 1 aromatic heterocycles. The van der Waals surface area contributed by atoms with Gasteiger partial charge >= 0.3 is 0 Å². The maximum absolute atomic E-state index is 12.1. The number of carbonyl (C=O) groups excluding carboxylic acids is 1. The molecule has 1 fully saturated rings. The molecule has 19 heavy (non-hydrogen) atoms. The summed E-state index contributed by atoms with van der Waals surface area (Å²) in [5.41, 5.74) is 1.13. The highest BCUT2D eigenvalue weighted by molar-refractivity contribution is 7.13. The SMILES string of the molecule is CC1CCCN1C(=O)CNc1nc(C(C)(C)C)cs1. The van der Waals surface area contributed by atoms with Crippen LogP contribution < -0.4 is 5.32 Å². The summed E-state index contributed by atoms with van der Waals surface area (Å²) in [7, 11) is 0. The van der Waals surface area contributed by atoms with Gasteiger partial charge in [0.15, 0.2) is 5.13 Å². The van der Waals surface area contributed by atoms with E-state index in [2.05, 4.69) is 43.4 Å². The highest BCUT2D eigenvalue weighted by Crippen LogP contribution is 2.26. The van der Waals surface area contributed by atoms with E-state index in [0.717, 1.165) is 30.2 Å². The number of rotatable bonds is 3. The van der Waals surface area contributed by atoms with Crippen LogP contribution in [0.25, 0.3) is 0 Å². The molecule has 0 aliphatic carbocycles. The predicted octanol–water partition coefficient (Wildman–Crippen LogP) is 2.86. The maximum atomic E-state index is 12.1. The van der Waals surface area contributed by atoms with E-state index in [1.807, 2.05) is 4.90 Å². The molecule has 1 N–H and O–H groups in total. The van der Waals surface area contributed by atoms with Gasteiger partial charge in [-0.1, -0.05) is 20.8 Å². The lowest BCUT2D eigenvalue weighted by molar-refractivity contribution is -0.129. The fourth-order valence-electron chi connectivity index (χ4n) is 2.26. The van der Waals surface area contributed by atoms with Crippen LogP contribution in [0.4, 0.5) is 5.13 Å². The van der Waals surface area contributed by atoms with Gasteiger partial charge in [0, 0.05) is 23.4 Å². The van der Waals surface area contributed by atoms with E-state index in [1.54, 1.807) is 11.3 Å². The van der Waals surface area contributed by atoms with Crippen LogP contribution in [0.3, 0.4) is 0 Å². The van der Waals surface area contributed by atoms with Gasteiger partial charge in [0.1, 0.15) is 0 Å². The van der Waals surface area contributed by atoms with Crippen molar-refractivity contribution >= 4 is 22.4 Å². The third kappa shape index (κ3) is 3.47. The quantitative estimate of drug-likeness (QED) is 0.926. The average molecular weight is 281 g/mol. The Balaban J connectivity index is 1.88. The molecule has 0 spiro atoms. The third-order valence-electron chi connectivity index (χ3n) is 3.54. The lowest BCUT2D eigenvalue weighted by atomic mass is 9.93. The molecule has 5 heteroatoms. The molecule has 1 atom stereocenters. The van der Waals surface area contributed by atoms with E-state index >= 15 is 0 Å². The van der Waals surface area contributed by atoms with Gasteiger partial charge in [0.05, 0.1) is 12.2 Å². The summed E-state index contributed by atoms with van der Waals surface area (Å²) < 4.78 is 0. The second-order valence-electron chi connectivity index (χ2n) is 6.22. The molecule has 1 amide bonds. The number of nitrogens with one attached hydrogen (secondary N) is 1. The Kier molecular flexibility index (Phi) is 4.13. The molecule has 106 valence electrons. The first kappa shape index (κ1) is 14.3. The summed E-state index contributed by atoms with van der Waals surface area (Å²) in [6.45, 7) is 9.79. The van der Waals surface area contributed by atoms with Crippen molar-refractivity contribution in [2.24, 2.45) is 0 Å². The Morgan fingerprint density at radius 2 is 2.32 bits per heavy atom. The first-order valence-corrected chi connectivity index (χ1v) is 7.75. The molecular formula is C14H23N3OS. The molecule has 2 heterocycles. The Hall–Kier alpha value is -1.10. The molecule has 1 unspecified atom stereocenters. The van der Waals surface area contributed by atoms with Crippen LogP contribution in [-0.4, -0.2) is 34.9 Å². The van der Waals surface area contributed by atoms with Gasteiger partial charge in [-0.2, -0.15) is 0 Å². The van der Waals surface area contributed by atoms with E-state index in [9.17, 15) is 4.79 Å². The largest absolute Gasteiger partial charge is 0.352 e. The summed E-state index contributed by atoms with van der Waals surface area (Å²) >= 11 is 1.57. The standard InChI is InChI=1S/C14H23N3OS/c1-10-6-5-7-17(10)12(18)8-15-13-16-11(9-19-13)14(2,3)4/h9-10H,5-8H2,1-4H3,(H,15,16). The molecular weight excluding hydrogens is 258 g/mol. The van der Waals surface area contributed by atoms with Crippen molar-refractivity contribution in [1.82, 2.24) is 9.88 Å². The summed E-state index contributed by atoms with van der Waals surface area (Å²) in [5, 5.41) is 6.05.